The lowest BCUT2D eigenvalue weighted by atomic mass is 10.0. The highest BCUT2D eigenvalue weighted by molar-refractivity contribution is 7.84. The van der Waals surface area contributed by atoms with Gasteiger partial charge in [0.05, 0.1) is 11.1 Å². The van der Waals surface area contributed by atoms with Gasteiger partial charge in [0.25, 0.3) is 5.91 Å². The number of pyridine rings is 1. The van der Waals surface area contributed by atoms with Crippen LogP contribution < -0.4 is 5.32 Å². The second kappa shape index (κ2) is 6.80. The van der Waals surface area contributed by atoms with Gasteiger partial charge in [-0.05, 0) is 49.6 Å². The minimum Gasteiger partial charge on any atom is -0.352 e. The van der Waals surface area contributed by atoms with Crippen LogP contribution >= 0.6 is 0 Å². The van der Waals surface area contributed by atoms with Crippen LogP contribution in [0.25, 0.3) is 10.9 Å². The predicted octanol–water partition coefficient (Wildman–Crippen LogP) is 2.35. The smallest absolute Gasteiger partial charge is 0.253 e. The van der Waals surface area contributed by atoms with Crippen LogP contribution in [0.4, 0.5) is 0 Å². The van der Waals surface area contributed by atoms with Gasteiger partial charge in [-0.2, -0.15) is 0 Å². The van der Waals surface area contributed by atoms with Crippen molar-refractivity contribution in [1.29, 1.82) is 0 Å². The van der Waals surface area contributed by atoms with Gasteiger partial charge >= 0.3 is 0 Å². The van der Waals surface area contributed by atoms with Crippen molar-refractivity contribution in [3.05, 3.63) is 41.1 Å². The summed E-state index contributed by atoms with van der Waals surface area (Å²) < 4.78 is 11.0. The standard InChI is InChI=1S/C16H20N2O2S/c1-11-9-13-12(2)5-7-17-15(13)14(10-11)16(19)18-6-4-8-21(3)20/h5,7,9-10H,4,6,8H2,1-3H3,(H,18,19)/t21-/m1/s1. The number of hydrogen-bond donors (Lipinski definition) is 1. The average Bonchev–Trinajstić information content (AvgIpc) is 2.43. The third kappa shape index (κ3) is 3.88. The van der Waals surface area contributed by atoms with Crippen LogP contribution in [-0.2, 0) is 10.8 Å². The number of nitrogens with one attached hydrogen (secondary N) is 1. The van der Waals surface area contributed by atoms with Crippen molar-refractivity contribution in [2.45, 2.75) is 20.3 Å². The Morgan fingerprint density at radius 1 is 1.33 bits per heavy atom. The van der Waals surface area contributed by atoms with Crippen LogP contribution in [0, 0.1) is 13.8 Å². The maximum absolute atomic E-state index is 12.3. The Labute approximate surface area is 127 Å². The number of amides is 1. The number of carbonyl (C=O) groups excluding carboxylic acids is 1. The summed E-state index contributed by atoms with van der Waals surface area (Å²) in [5, 5.41) is 3.89. The fraction of sp³-hybridized carbons (Fsp3) is 0.375. The summed E-state index contributed by atoms with van der Waals surface area (Å²) in [5.41, 5.74) is 3.49. The first-order valence-corrected chi connectivity index (χ1v) is 8.66. The molecule has 0 bridgehead atoms. The number of aromatic nitrogens is 1. The lowest BCUT2D eigenvalue weighted by Gasteiger charge is -2.10. The zero-order chi connectivity index (χ0) is 15.4. The normalized spacial score (nSPS) is 12.3. The summed E-state index contributed by atoms with van der Waals surface area (Å²) in [6.45, 7) is 4.52. The number of benzene rings is 1. The number of fused-ring (bicyclic) bond motifs is 1. The molecular formula is C16H20N2O2S. The molecule has 1 amide bonds. The van der Waals surface area contributed by atoms with Gasteiger partial charge in [0.1, 0.15) is 0 Å². The van der Waals surface area contributed by atoms with Gasteiger partial charge in [0, 0.05) is 40.9 Å². The van der Waals surface area contributed by atoms with E-state index in [1.165, 1.54) is 0 Å². The Balaban J connectivity index is 2.23. The second-order valence-electron chi connectivity index (χ2n) is 5.22. The molecule has 1 heterocycles. The van der Waals surface area contributed by atoms with Crippen molar-refractivity contribution in [2.75, 3.05) is 18.6 Å². The zero-order valence-corrected chi connectivity index (χ0v) is 13.4. The number of rotatable bonds is 5. The lowest BCUT2D eigenvalue weighted by Crippen LogP contribution is -2.26. The van der Waals surface area contributed by atoms with E-state index >= 15 is 0 Å². The van der Waals surface area contributed by atoms with Gasteiger partial charge in [-0.3, -0.25) is 14.0 Å². The summed E-state index contributed by atoms with van der Waals surface area (Å²) in [6.07, 6.45) is 4.11. The van der Waals surface area contributed by atoms with E-state index in [9.17, 15) is 9.00 Å². The van der Waals surface area contributed by atoms with Crippen molar-refractivity contribution in [3.8, 4) is 0 Å². The van der Waals surface area contributed by atoms with Crippen molar-refractivity contribution in [1.82, 2.24) is 10.3 Å². The van der Waals surface area contributed by atoms with Crippen molar-refractivity contribution < 1.29 is 9.00 Å². The van der Waals surface area contributed by atoms with Gasteiger partial charge in [0.15, 0.2) is 0 Å². The van der Waals surface area contributed by atoms with Gasteiger partial charge in [0.2, 0.25) is 0 Å². The first-order valence-electron chi connectivity index (χ1n) is 6.93. The van der Waals surface area contributed by atoms with E-state index in [4.69, 9.17) is 0 Å². The molecule has 1 atom stereocenters. The molecule has 0 fully saturated rings. The highest BCUT2D eigenvalue weighted by Crippen LogP contribution is 2.22. The Hall–Kier alpha value is -1.75. The molecule has 1 aromatic heterocycles. The van der Waals surface area contributed by atoms with E-state index in [0.717, 1.165) is 22.0 Å². The maximum atomic E-state index is 12.3. The molecule has 5 heteroatoms. The molecule has 1 aromatic carbocycles. The highest BCUT2D eigenvalue weighted by atomic mass is 32.2. The quantitative estimate of drug-likeness (QED) is 0.863. The lowest BCUT2D eigenvalue weighted by molar-refractivity contribution is 0.0955. The molecular weight excluding hydrogens is 284 g/mol. The SMILES string of the molecule is Cc1cc(C(=O)NCCC[S@@](C)=O)c2nccc(C)c2c1. The Morgan fingerprint density at radius 2 is 2.10 bits per heavy atom. The van der Waals surface area contributed by atoms with E-state index in [2.05, 4.69) is 16.4 Å². The molecule has 0 unspecified atom stereocenters. The van der Waals surface area contributed by atoms with Gasteiger partial charge in [-0.1, -0.05) is 0 Å². The third-order valence-electron chi connectivity index (χ3n) is 3.35. The fourth-order valence-electron chi connectivity index (χ4n) is 2.28. The molecule has 0 aliphatic heterocycles. The topological polar surface area (TPSA) is 59.1 Å². The third-order valence-corrected chi connectivity index (χ3v) is 4.21. The molecule has 112 valence electrons. The Kier molecular flexibility index (Phi) is 5.07. The molecule has 2 aromatic rings. The van der Waals surface area contributed by atoms with E-state index in [1.807, 2.05) is 26.0 Å². The van der Waals surface area contributed by atoms with Crippen LogP contribution in [-0.4, -0.2) is 33.7 Å². The first kappa shape index (κ1) is 15.6. The second-order valence-corrected chi connectivity index (χ2v) is 6.78. The molecule has 0 saturated carbocycles. The minimum atomic E-state index is -0.817. The maximum Gasteiger partial charge on any atom is 0.253 e. The fourth-order valence-corrected chi connectivity index (χ4v) is 2.83. The molecule has 0 aliphatic rings. The van der Waals surface area contributed by atoms with Crippen LogP contribution in [0.5, 0.6) is 0 Å². The molecule has 21 heavy (non-hydrogen) atoms. The van der Waals surface area contributed by atoms with Crippen molar-refractivity contribution >= 4 is 27.6 Å². The summed E-state index contributed by atoms with van der Waals surface area (Å²) in [4.78, 5) is 16.7. The van der Waals surface area contributed by atoms with E-state index in [-0.39, 0.29) is 5.91 Å². The van der Waals surface area contributed by atoms with Crippen LogP contribution in [0.3, 0.4) is 0 Å². The molecule has 2 rings (SSSR count). The molecule has 0 saturated heterocycles. The molecule has 4 nitrogen and oxygen atoms in total. The largest absolute Gasteiger partial charge is 0.352 e. The van der Waals surface area contributed by atoms with Crippen LogP contribution in [0.1, 0.15) is 27.9 Å². The predicted molar refractivity (Wildman–Crippen MR) is 87.1 cm³/mol. The van der Waals surface area contributed by atoms with Crippen molar-refractivity contribution in [2.24, 2.45) is 0 Å². The highest BCUT2D eigenvalue weighted by Gasteiger charge is 2.12. The monoisotopic (exact) mass is 304 g/mol. The molecule has 0 radical (unpaired) electrons. The average molecular weight is 304 g/mol. The Morgan fingerprint density at radius 3 is 2.81 bits per heavy atom. The summed E-state index contributed by atoms with van der Waals surface area (Å²) >= 11 is 0. The molecule has 1 N–H and O–H groups in total. The number of hydrogen-bond acceptors (Lipinski definition) is 3. The van der Waals surface area contributed by atoms with Gasteiger partial charge in [-0.15, -0.1) is 0 Å². The van der Waals surface area contributed by atoms with E-state index in [0.29, 0.717) is 24.3 Å². The Bertz CT molecular complexity index is 698. The first-order chi connectivity index (χ1) is 9.99. The summed E-state index contributed by atoms with van der Waals surface area (Å²) in [6, 6.07) is 5.86. The van der Waals surface area contributed by atoms with Gasteiger partial charge < -0.3 is 5.32 Å². The minimum absolute atomic E-state index is 0.122. The number of nitrogens with zero attached hydrogens (tertiary/aromatic N) is 1. The number of aryl methyl sites for hydroxylation is 2. The van der Waals surface area contributed by atoms with Crippen LogP contribution in [0.2, 0.25) is 0 Å². The zero-order valence-electron chi connectivity index (χ0n) is 12.6. The van der Waals surface area contributed by atoms with E-state index in [1.54, 1.807) is 12.5 Å². The summed E-state index contributed by atoms with van der Waals surface area (Å²) in [7, 11) is -0.817. The molecule has 0 spiro atoms. The van der Waals surface area contributed by atoms with Crippen molar-refractivity contribution in [3.63, 3.8) is 0 Å². The van der Waals surface area contributed by atoms with E-state index < -0.39 is 10.8 Å². The molecule has 0 aliphatic carbocycles. The van der Waals surface area contributed by atoms with Crippen LogP contribution in [0.15, 0.2) is 24.4 Å². The number of carbonyl (C=O) groups is 1. The van der Waals surface area contributed by atoms with Gasteiger partial charge in [-0.25, -0.2) is 0 Å². The summed E-state index contributed by atoms with van der Waals surface area (Å²) in [5.74, 6) is 0.482.